The van der Waals surface area contributed by atoms with Gasteiger partial charge < -0.3 is 15.1 Å². The Kier molecular flexibility index (Phi) is 6.08. The first-order valence-electron chi connectivity index (χ1n) is 13.3. The van der Waals surface area contributed by atoms with E-state index < -0.39 is 0 Å². The number of carbonyl (C=O) groups is 1. The van der Waals surface area contributed by atoms with Crippen molar-refractivity contribution in [3.05, 3.63) is 65.7 Å². The van der Waals surface area contributed by atoms with Gasteiger partial charge in [0.05, 0.1) is 6.67 Å². The number of hydrogen-bond donors (Lipinski definition) is 1. The van der Waals surface area contributed by atoms with Gasteiger partial charge in [-0.3, -0.25) is 9.69 Å². The average molecular weight is 459 g/mol. The van der Waals surface area contributed by atoms with Crippen molar-refractivity contribution in [1.82, 2.24) is 15.1 Å². The Labute approximate surface area is 204 Å². The SMILES string of the molecule is O=C1NCN(c2ccccc2)C12CCN(CC1CC(c3ccc(CN4CCCC4)cc3)C1)CC2. The molecular weight excluding hydrogens is 420 g/mol. The van der Waals surface area contributed by atoms with E-state index in [1.807, 2.05) is 6.07 Å². The van der Waals surface area contributed by atoms with Crippen LogP contribution >= 0.6 is 0 Å². The standard InChI is InChI=1S/C29H38N4O/c34-28-29(33(22-30-28)27-6-2-1-3-7-27)12-16-32(17-13-29)21-24-18-26(19-24)25-10-8-23(9-11-25)20-31-14-4-5-15-31/h1-3,6-11,24,26H,4-5,12-22H2,(H,30,34). The molecule has 3 saturated heterocycles. The molecule has 0 bridgehead atoms. The van der Waals surface area contributed by atoms with Gasteiger partial charge in [-0.1, -0.05) is 42.5 Å². The molecule has 0 atom stereocenters. The highest BCUT2D eigenvalue weighted by molar-refractivity contribution is 5.93. The van der Waals surface area contributed by atoms with E-state index in [0.717, 1.165) is 50.0 Å². The van der Waals surface area contributed by atoms with Crippen molar-refractivity contribution < 1.29 is 4.79 Å². The van der Waals surface area contributed by atoms with E-state index in [1.54, 1.807) is 0 Å². The fourth-order valence-electron chi connectivity index (χ4n) is 6.75. The first-order chi connectivity index (χ1) is 16.7. The van der Waals surface area contributed by atoms with Crippen LogP contribution in [0, 0.1) is 5.92 Å². The summed E-state index contributed by atoms with van der Waals surface area (Å²) in [4.78, 5) is 20.4. The molecule has 5 heteroatoms. The van der Waals surface area contributed by atoms with E-state index in [0.29, 0.717) is 6.67 Å². The van der Waals surface area contributed by atoms with Crippen molar-refractivity contribution in [3.63, 3.8) is 0 Å². The fraction of sp³-hybridized carbons (Fsp3) is 0.552. The van der Waals surface area contributed by atoms with Crippen LogP contribution < -0.4 is 10.2 Å². The van der Waals surface area contributed by atoms with E-state index in [1.165, 1.54) is 56.4 Å². The second kappa shape index (κ2) is 9.35. The molecule has 6 rings (SSSR count). The summed E-state index contributed by atoms with van der Waals surface area (Å²) in [7, 11) is 0. The number of carbonyl (C=O) groups excluding carboxylic acids is 1. The highest BCUT2D eigenvalue weighted by atomic mass is 16.2. The molecule has 2 aromatic carbocycles. The maximum Gasteiger partial charge on any atom is 0.247 e. The molecule has 0 unspecified atom stereocenters. The quantitative estimate of drug-likeness (QED) is 0.704. The van der Waals surface area contributed by atoms with Crippen LogP contribution in [0.2, 0.25) is 0 Å². The smallest absolute Gasteiger partial charge is 0.247 e. The number of anilines is 1. The molecule has 4 fully saturated rings. The largest absolute Gasteiger partial charge is 0.339 e. The molecule has 4 aliphatic rings. The molecular formula is C29H38N4O. The third kappa shape index (κ3) is 4.25. The van der Waals surface area contributed by atoms with Crippen LogP contribution in [0.1, 0.15) is 55.6 Å². The zero-order chi connectivity index (χ0) is 23.0. The number of benzene rings is 2. The third-order valence-corrected chi connectivity index (χ3v) is 8.90. The molecule has 3 heterocycles. The number of rotatable bonds is 6. The van der Waals surface area contributed by atoms with Crippen LogP contribution in [0.25, 0.3) is 0 Å². The number of hydrogen-bond acceptors (Lipinski definition) is 4. The molecule has 180 valence electrons. The molecule has 34 heavy (non-hydrogen) atoms. The van der Waals surface area contributed by atoms with Crippen LogP contribution in [0.3, 0.4) is 0 Å². The minimum Gasteiger partial charge on any atom is -0.339 e. The lowest BCUT2D eigenvalue weighted by atomic mass is 9.71. The number of likely N-dealkylation sites (tertiary alicyclic amines) is 2. The molecule has 1 aliphatic carbocycles. The lowest BCUT2D eigenvalue weighted by Gasteiger charge is -2.45. The van der Waals surface area contributed by atoms with Crippen molar-refractivity contribution in [2.45, 2.75) is 56.5 Å². The summed E-state index contributed by atoms with van der Waals surface area (Å²) in [5, 5.41) is 3.12. The van der Waals surface area contributed by atoms with Crippen molar-refractivity contribution in [2.24, 2.45) is 5.92 Å². The lowest BCUT2D eigenvalue weighted by Crippen LogP contribution is -2.57. The molecule has 1 spiro atoms. The Hall–Kier alpha value is -2.37. The second-order valence-electron chi connectivity index (χ2n) is 11.0. The molecule has 1 saturated carbocycles. The van der Waals surface area contributed by atoms with Gasteiger partial charge in [0.1, 0.15) is 5.54 Å². The minimum atomic E-state index is -0.364. The predicted molar refractivity (Wildman–Crippen MR) is 137 cm³/mol. The van der Waals surface area contributed by atoms with E-state index in [4.69, 9.17) is 0 Å². The minimum absolute atomic E-state index is 0.216. The highest BCUT2D eigenvalue weighted by Crippen LogP contribution is 2.43. The van der Waals surface area contributed by atoms with E-state index >= 15 is 0 Å². The molecule has 5 nitrogen and oxygen atoms in total. The molecule has 1 N–H and O–H groups in total. The number of piperidine rings is 1. The van der Waals surface area contributed by atoms with Gasteiger partial charge in [0.2, 0.25) is 5.91 Å². The van der Waals surface area contributed by atoms with Crippen LogP contribution in [0.5, 0.6) is 0 Å². The predicted octanol–water partition coefficient (Wildman–Crippen LogP) is 4.20. The van der Waals surface area contributed by atoms with Crippen LogP contribution in [-0.2, 0) is 11.3 Å². The summed E-state index contributed by atoms with van der Waals surface area (Å²) in [6.07, 6.45) is 7.17. The number of nitrogens with zero attached hydrogens (tertiary/aromatic N) is 3. The van der Waals surface area contributed by atoms with Crippen molar-refractivity contribution >= 4 is 11.6 Å². The monoisotopic (exact) mass is 458 g/mol. The summed E-state index contributed by atoms with van der Waals surface area (Å²) in [6.45, 7) is 7.49. The molecule has 3 aliphatic heterocycles. The lowest BCUT2D eigenvalue weighted by molar-refractivity contribution is -0.125. The highest BCUT2D eigenvalue weighted by Gasteiger charge is 2.50. The fourth-order valence-corrected chi connectivity index (χ4v) is 6.75. The van der Waals surface area contributed by atoms with Crippen LogP contribution in [0.15, 0.2) is 54.6 Å². The maximum absolute atomic E-state index is 12.9. The summed E-state index contributed by atoms with van der Waals surface area (Å²) < 4.78 is 0. The topological polar surface area (TPSA) is 38.8 Å². The Balaban J connectivity index is 0.989. The van der Waals surface area contributed by atoms with Crippen molar-refractivity contribution in [1.29, 1.82) is 0 Å². The maximum atomic E-state index is 12.9. The van der Waals surface area contributed by atoms with Crippen LogP contribution in [0.4, 0.5) is 5.69 Å². The first kappa shape index (κ1) is 22.1. The van der Waals surface area contributed by atoms with E-state index in [-0.39, 0.29) is 11.4 Å². The summed E-state index contributed by atoms with van der Waals surface area (Å²) >= 11 is 0. The molecule has 0 radical (unpaired) electrons. The van der Waals surface area contributed by atoms with Gasteiger partial charge in [-0.2, -0.15) is 0 Å². The summed E-state index contributed by atoms with van der Waals surface area (Å²) in [6, 6.07) is 19.9. The van der Waals surface area contributed by atoms with E-state index in [9.17, 15) is 4.79 Å². The first-order valence-corrected chi connectivity index (χ1v) is 13.3. The average Bonchev–Trinajstić information content (AvgIpc) is 3.47. The zero-order valence-corrected chi connectivity index (χ0v) is 20.3. The summed E-state index contributed by atoms with van der Waals surface area (Å²) in [5.41, 5.74) is 3.78. The van der Waals surface area contributed by atoms with Gasteiger partial charge in [0, 0.05) is 31.9 Å². The Bertz CT molecular complexity index is 971. The van der Waals surface area contributed by atoms with Gasteiger partial charge in [0.15, 0.2) is 0 Å². The normalized spacial score (nSPS) is 27.2. The molecule has 0 aromatic heterocycles. The molecule has 2 aromatic rings. The van der Waals surface area contributed by atoms with Gasteiger partial charge >= 0.3 is 0 Å². The van der Waals surface area contributed by atoms with Gasteiger partial charge in [-0.25, -0.2) is 0 Å². The zero-order valence-electron chi connectivity index (χ0n) is 20.3. The Morgan fingerprint density at radius 3 is 2.26 bits per heavy atom. The third-order valence-electron chi connectivity index (χ3n) is 8.90. The Morgan fingerprint density at radius 1 is 0.853 bits per heavy atom. The van der Waals surface area contributed by atoms with Crippen LogP contribution in [-0.4, -0.2) is 60.6 Å². The van der Waals surface area contributed by atoms with Gasteiger partial charge in [-0.05, 0) is 86.7 Å². The second-order valence-corrected chi connectivity index (χ2v) is 11.0. The number of amides is 1. The molecule has 1 amide bonds. The summed E-state index contributed by atoms with van der Waals surface area (Å²) in [5.74, 6) is 1.75. The number of para-hydroxylation sites is 1. The van der Waals surface area contributed by atoms with Crippen molar-refractivity contribution in [2.75, 3.05) is 44.3 Å². The van der Waals surface area contributed by atoms with Gasteiger partial charge in [-0.15, -0.1) is 0 Å². The van der Waals surface area contributed by atoms with E-state index in [2.05, 4.69) is 68.5 Å². The number of nitrogens with one attached hydrogen (secondary N) is 1. The Morgan fingerprint density at radius 2 is 1.56 bits per heavy atom. The van der Waals surface area contributed by atoms with Crippen molar-refractivity contribution in [3.8, 4) is 0 Å². The van der Waals surface area contributed by atoms with Gasteiger partial charge in [0.25, 0.3) is 0 Å².